The zero-order valence-corrected chi connectivity index (χ0v) is 15.3. The van der Waals surface area contributed by atoms with Gasteiger partial charge in [0.1, 0.15) is 5.58 Å². The molecule has 0 saturated carbocycles. The molecule has 1 aromatic carbocycles. The Morgan fingerprint density at radius 2 is 2.00 bits per heavy atom. The Morgan fingerprint density at radius 1 is 1.23 bits per heavy atom. The lowest BCUT2D eigenvalue weighted by Gasteiger charge is -2.10. The summed E-state index contributed by atoms with van der Waals surface area (Å²) in [6.45, 7) is 7.82. The SMILES string of the molecule is Cc1cc(=O)oc2cc(NC(=O)CCc3nc(C(C)(C)C)no3)ccc12. The number of nitrogens with one attached hydrogen (secondary N) is 1. The third-order valence-electron chi connectivity index (χ3n) is 3.94. The van der Waals surface area contributed by atoms with Crippen LogP contribution in [0.15, 0.2) is 38.0 Å². The molecular weight excluding hydrogens is 334 g/mol. The van der Waals surface area contributed by atoms with Crippen LogP contribution in [0.5, 0.6) is 0 Å². The summed E-state index contributed by atoms with van der Waals surface area (Å²) < 4.78 is 10.4. The number of hydrogen-bond donors (Lipinski definition) is 1. The summed E-state index contributed by atoms with van der Waals surface area (Å²) in [5, 5.41) is 7.57. The number of hydrogen-bond acceptors (Lipinski definition) is 6. The Labute approximate surface area is 150 Å². The van der Waals surface area contributed by atoms with Gasteiger partial charge in [0.2, 0.25) is 11.8 Å². The molecule has 3 rings (SSSR count). The molecule has 1 amide bonds. The minimum Gasteiger partial charge on any atom is -0.423 e. The summed E-state index contributed by atoms with van der Waals surface area (Å²) in [7, 11) is 0. The fourth-order valence-electron chi connectivity index (χ4n) is 2.51. The van der Waals surface area contributed by atoms with Crippen LogP contribution in [-0.2, 0) is 16.6 Å². The van der Waals surface area contributed by atoms with Crippen LogP contribution in [0.3, 0.4) is 0 Å². The van der Waals surface area contributed by atoms with Gasteiger partial charge in [-0.3, -0.25) is 4.79 Å². The van der Waals surface area contributed by atoms with Gasteiger partial charge in [0.15, 0.2) is 5.82 Å². The van der Waals surface area contributed by atoms with Crippen LogP contribution in [0, 0.1) is 6.92 Å². The average molecular weight is 355 g/mol. The summed E-state index contributed by atoms with van der Waals surface area (Å²) in [5.41, 5.74) is 1.23. The van der Waals surface area contributed by atoms with Crippen molar-refractivity contribution in [2.45, 2.75) is 46.0 Å². The maximum Gasteiger partial charge on any atom is 0.336 e. The normalized spacial score (nSPS) is 11.7. The molecule has 7 heteroatoms. The predicted molar refractivity (Wildman–Crippen MR) is 97.2 cm³/mol. The van der Waals surface area contributed by atoms with Crippen molar-refractivity contribution in [1.82, 2.24) is 10.1 Å². The van der Waals surface area contributed by atoms with Gasteiger partial charge in [-0.25, -0.2) is 4.79 Å². The molecule has 0 atom stereocenters. The number of carbonyl (C=O) groups is 1. The molecule has 0 spiro atoms. The van der Waals surface area contributed by atoms with Gasteiger partial charge in [0.25, 0.3) is 0 Å². The number of aryl methyl sites for hydroxylation is 2. The van der Waals surface area contributed by atoms with E-state index >= 15 is 0 Å². The Kier molecular flexibility index (Phi) is 4.63. The number of amides is 1. The van der Waals surface area contributed by atoms with Crippen LogP contribution in [0.2, 0.25) is 0 Å². The van der Waals surface area contributed by atoms with E-state index in [2.05, 4.69) is 15.5 Å². The molecule has 2 heterocycles. The van der Waals surface area contributed by atoms with Gasteiger partial charge < -0.3 is 14.3 Å². The molecule has 136 valence electrons. The van der Waals surface area contributed by atoms with E-state index in [0.717, 1.165) is 10.9 Å². The van der Waals surface area contributed by atoms with Gasteiger partial charge in [-0.2, -0.15) is 4.98 Å². The van der Waals surface area contributed by atoms with E-state index in [-0.39, 0.29) is 17.7 Å². The number of carbonyl (C=O) groups excluding carboxylic acids is 1. The van der Waals surface area contributed by atoms with Crippen molar-refractivity contribution in [3.8, 4) is 0 Å². The molecule has 0 unspecified atom stereocenters. The van der Waals surface area contributed by atoms with E-state index in [1.54, 1.807) is 12.1 Å². The first kappa shape index (κ1) is 17.8. The highest BCUT2D eigenvalue weighted by Gasteiger charge is 2.21. The highest BCUT2D eigenvalue weighted by molar-refractivity contribution is 5.93. The Bertz CT molecular complexity index is 1010. The fourth-order valence-corrected chi connectivity index (χ4v) is 2.51. The fraction of sp³-hybridized carbons (Fsp3) is 0.368. The van der Waals surface area contributed by atoms with E-state index in [0.29, 0.717) is 29.4 Å². The Balaban J connectivity index is 1.65. The summed E-state index contributed by atoms with van der Waals surface area (Å²) >= 11 is 0. The van der Waals surface area contributed by atoms with Crippen LogP contribution in [0.1, 0.15) is 44.5 Å². The summed E-state index contributed by atoms with van der Waals surface area (Å²) in [4.78, 5) is 28.0. The maximum atomic E-state index is 12.2. The molecule has 0 saturated heterocycles. The van der Waals surface area contributed by atoms with Crippen molar-refractivity contribution < 1.29 is 13.7 Å². The van der Waals surface area contributed by atoms with Gasteiger partial charge in [-0.05, 0) is 24.6 Å². The van der Waals surface area contributed by atoms with Crippen molar-refractivity contribution in [2.75, 3.05) is 5.32 Å². The summed E-state index contributed by atoms with van der Waals surface area (Å²) in [5.74, 6) is 0.868. The predicted octanol–water partition coefficient (Wildman–Crippen LogP) is 3.35. The molecule has 1 N–H and O–H groups in total. The lowest BCUT2D eigenvalue weighted by molar-refractivity contribution is -0.116. The highest BCUT2D eigenvalue weighted by atomic mass is 16.5. The molecule has 2 aromatic heterocycles. The molecular formula is C19H21N3O4. The van der Waals surface area contributed by atoms with Crippen molar-refractivity contribution in [3.05, 3.63) is 52.0 Å². The zero-order valence-electron chi connectivity index (χ0n) is 15.3. The monoisotopic (exact) mass is 355 g/mol. The lowest BCUT2D eigenvalue weighted by atomic mass is 9.96. The number of aromatic nitrogens is 2. The van der Waals surface area contributed by atoms with E-state index in [1.807, 2.05) is 33.8 Å². The van der Waals surface area contributed by atoms with E-state index in [9.17, 15) is 9.59 Å². The van der Waals surface area contributed by atoms with Crippen LogP contribution >= 0.6 is 0 Å². The van der Waals surface area contributed by atoms with Crippen molar-refractivity contribution in [2.24, 2.45) is 0 Å². The van der Waals surface area contributed by atoms with Gasteiger partial charge in [-0.1, -0.05) is 25.9 Å². The highest BCUT2D eigenvalue weighted by Crippen LogP contribution is 2.21. The molecule has 0 aliphatic carbocycles. The second-order valence-corrected chi connectivity index (χ2v) is 7.27. The lowest BCUT2D eigenvalue weighted by Crippen LogP contribution is -2.14. The summed E-state index contributed by atoms with van der Waals surface area (Å²) in [6.07, 6.45) is 0.568. The van der Waals surface area contributed by atoms with Crippen LogP contribution in [0.25, 0.3) is 11.0 Å². The standard InChI is InChI=1S/C19H21N3O4/c1-11-9-17(24)25-14-10-12(5-6-13(11)14)20-15(23)7-8-16-21-18(22-26-16)19(2,3)4/h5-6,9-10H,7-8H2,1-4H3,(H,20,23). The molecule has 0 aliphatic heterocycles. The Hall–Kier alpha value is -2.96. The molecule has 0 bridgehead atoms. The second-order valence-electron chi connectivity index (χ2n) is 7.27. The molecule has 3 aromatic rings. The molecule has 0 fully saturated rings. The quantitative estimate of drug-likeness (QED) is 0.721. The van der Waals surface area contributed by atoms with Gasteiger partial charge in [0.05, 0.1) is 0 Å². The van der Waals surface area contributed by atoms with E-state index in [4.69, 9.17) is 8.94 Å². The summed E-state index contributed by atoms with van der Waals surface area (Å²) in [6, 6.07) is 6.68. The van der Waals surface area contributed by atoms with Gasteiger partial charge in [0, 0.05) is 41.5 Å². The minimum absolute atomic E-state index is 0.185. The number of nitrogens with zero attached hydrogens (tertiary/aromatic N) is 2. The van der Waals surface area contributed by atoms with Gasteiger partial charge in [-0.15, -0.1) is 0 Å². The van der Waals surface area contributed by atoms with Crippen molar-refractivity contribution >= 4 is 22.6 Å². The molecule has 26 heavy (non-hydrogen) atoms. The first-order valence-corrected chi connectivity index (χ1v) is 8.40. The first-order chi connectivity index (χ1) is 12.2. The maximum absolute atomic E-state index is 12.2. The number of rotatable bonds is 4. The second kappa shape index (κ2) is 6.74. The molecule has 7 nitrogen and oxygen atoms in total. The largest absolute Gasteiger partial charge is 0.423 e. The number of anilines is 1. The topological polar surface area (TPSA) is 98.2 Å². The number of fused-ring (bicyclic) bond motifs is 1. The zero-order chi connectivity index (χ0) is 18.9. The van der Waals surface area contributed by atoms with Crippen LogP contribution in [0.4, 0.5) is 5.69 Å². The molecule has 0 radical (unpaired) electrons. The molecule has 0 aliphatic rings. The average Bonchev–Trinajstić information content (AvgIpc) is 3.01. The Morgan fingerprint density at radius 3 is 2.69 bits per heavy atom. The van der Waals surface area contributed by atoms with Gasteiger partial charge >= 0.3 is 5.63 Å². The van der Waals surface area contributed by atoms with Crippen LogP contribution < -0.4 is 10.9 Å². The van der Waals surface area contributed by atoms with Crippen LogP contribution in [-0.4, -0.2) is 16.0 Å². The van der Waals surface area contributed by atoms with E-state index in [1.165, 1.54) is 6.07 Å². The van der Waals surface area contributed by atoms with Crippen molar-refractivity contribution in [3.63, 3.8) is 0 Å². The van der Waals surface area contributed by atoms with E-state index < -0.39 is 5.63 Å². The third-order valence-corrected chi connectivity index (χ3v) is 3.94. The smallest absolute Gasteiger partial charge is 0.336 e. The first-order valence-electron chi connectivity index (χ1n) is 8.40. The third kappa shape index (κ3) is 3.99. The number of benzene rings is 1. The minimum atomic E-state index is -0.412. The van der Waals surface area contributed by atoms with Crippen molar-refractivity contribution in [1.29, 1.82) is 0 Å².